The first-order chi connectivity index (χ1) is 32.2. The normalized spacial score (nSPS) is 35.7. The van der Waals surface area contributed by atoms with E-state index in [1.165, 1.54) is 81.9 Å². The van der Waals surface area contributed by atoms with Crippen molar-refractivity contribution in [1.29, 1.82) is 0 Å². The lowest BCUT2D eigenvalue weighted by Gasteiger charge is -2.57. The highest BCUT2D eigenvalue weighted by Gasteiger charge is 2.59. The number of ether oxygens (including phenoxy) is 2. The number of H-pyrrole nitrogens is 1. The second-order valence-corrected chi connectivity index (χ2v) is 23.6. The number of hydrogen-bond acceptors (Lipinski definition) is 11. The maximum atomic E-state index is 11.4. The fourth-order valence-electron chi connectivity index (χ4n) is 15.1. The fourth-order valence-corrected chi connectivity index (χ4v) is 15.1. The van der Waals surface area contributed by atoms with Crippen LogP contribution in [0.5, 0.6) is 0 Å². The molecule has 380 valence electrons. The van der Waals surface area contributed by atoms with Crippen molar-refractivity contribution in [3.63, 3.8) is 0 Å². The summed E-state index contributed by atoms with van der Waals surface area (Å²) < 4.78 is 40.7. The highest BCUT2D eigenvalue weighted by molar-refractivity contribution is 7.93. The van der Waals surface area contributed by atoms with Crippen LogP contribution in [0.4, 0.5) is 0 Å². The first kappa shape index (κ1) is 54.7. The van der Waals surface area contributed by atoms with Gasteiger partial charge in [-0.05, 0) is 163 Å². The molecule has 14 heteroatoms. The van der Waals surface area contributed by atoms with Crippen LogP contribution in [0, 0.1) is 57.2 Å². The van der Waals surface area contributed by atoms with E-state index in [0.29, 0.717) is 17.1 Å². The van der Waals surface area contributed by atoms with Crippen molar-refractivity contribution in [2.45, 2.75) is 151 Å². The zero-order chi connectivity index (χ0) is 49.1. The summed E-state index contributed by atoms with van der Waals surface area (Å²) in [6.07, 6.45) is 36.9. The van der Waals surface area contributed by atoms with Gasteiger partial charge in [0.25, 0.3) is 10.1 Å². The number of aromatic amines is 1. The number of nitrogens with zero attached hydrogens (tertiary/aromatic N) is 1. The molecule has 4 saturated carbocycles. The van der Waals surface area contributed by atoms with E-state index >= 15 is 0 Å². The van der Waals surface area contributed by atoms with E-state index in [1.807, 2.05) is 18.6 Å². The minimum Gasteiger partial charge on any atom is -0.691 e. The Morgan fingerprint density at radius 1 is 0.725 bits per heavy atom. The lowest BCUT2D eigenvalue weighted by Crippen LogP contribution is -2.50. The van der Waals surface area contributed by atoms with E-state index in [4.69, 9.17) is 19.3 Å². The van der Waals surface area contributed by atoms with Crippen LogP contribution >= 0.6 is 12.0 Å². The molecule has 0 spiro atoms. The summed E-state index contributed by atoms with van der Waals surface area (Å²) in [5.41, 5.74) is 10.1. The maximum Gasteiger partial charge on any atom is 0.302 e. The van der Waals surface area contributed by atoms with Gasteiger partial charge in [-0.25, -0.2) is 4.98 Å². The van der Waals surface area contributed by atoms with Crippen LogP contribution < -0.4 is 10.2 Å². The van der Waals surface area contributed by atoms with Gasteiger partial charge < -0.3 is 14.7 Å². The number of aromatic nitrogens is 2. The zero-order valence-electron chi connectivity index (χ0n) is 41.3. The Kier molecular flexibility index (Phi) is 17.8. The van der Waals surface area contributed by atoms with Crippen molar-refractivity contribution >= 4 is 45.2 Å². The second kappa shape index (κ2) is 22.4. The molecule has 0 amide bonds. The van der Waals surface area contributed by atoms with Gasteiger partial charge in [0.1, 0.15) is 12.2 Å². The molecule has 12 atom stereocenters. The van der Waals surface area contributed by atoms with Gasteiger partial charge in [0.15, 0.2) is 12.4 Å². The molecule has 0 aliphatic heterocycles. The van der Waals surface area contributed by atoms with E-state index in [0.717, 1.165) is 86.1 Å². The SMILES string of the molecule is C.CC(=O)O[C@H]1CC[C@@]2(C)C(=CCC3C2CC[C@]2(C)C(c4ccc[nH+]c4)=CCC32)C1.CC(=O)O[C@H]1CC[C@@]2(C)C(=CCC3C2CC[C@]2(C)C(c4cccnc4)=CCC32)C1.CS(=O)(=O)O.CSOO[O-]. The predicted octanol–water partition coefficient (Wildman–Crippen LogP) is 11.0. The summed E-state index contributed by atoms with van der Waals surface area (Å²) in [4.78, 5) is 30.5. The largest absolute Gasteiger partial charge is 0.691 e. The molecule has 8 aliphatic rings. The van der Waals surface area contributed by atoms with Crippen molar-refractivity contribution in [1.82, 2.24) is 4.98 Å². The summed E-state index contributed by atoms with van der Waals surface area (Å²) in [6, 6.07) is 8.68. The molecule has 12 nitrogen and oxygen atoms in total. The predicted molar refractivity (Wildman–Crippen MR) is 268 cm³/mol. The molecule has 2 N–H and O–H groups in total. The lowest BCUT2D eigenvalue weighted by molar-refractivity contribution is -0.777. The van der Waals surface area contributed by atoms with Crippen LogP contribution in [0.15, 0.2) is 84.5 Å². The van der Waals surface area contributed by atoms with Crippen LogP contribution in [-0.2, 0) is 38.6 Å². The van der Waals surface area contributed by atoms with Crippen molar-refractivity contribution in [2.75, 3.05) is 12.5 Å². The standard InChI is InChI=1S/2C26H33NO2.2CH4O3S.CH4/c2*1-17(28)29-20-10-12-25(2)19(15-20)6-7-21-23-9-8-22(18-5-4-14-27-16-18)26(23,3)13-11-24(21)25;1-5(2,3)4;1-5-4-3-2;/h2*4-6,8,14,16,20-21,23-24H,7,9-13,15H2,1-3H3;1H3,(H,2,3,4);2H,1H3;1H4/t2*20-,21?,23?,24?,25-,26+;;;/m00.../s1. The van der Waals surface area contributed by atoms with Crippen molar-refractivity contribution < 1.29 is 51.6 Å². The first-order valence-corrected chi connectivity index (χ1v) is 27.7. The molecule has 0 saturated heterocycles. The molecule has 69 heavy (non-hydrogen) atoms. The van der Waals surface area contributed by atoms with Crippen LogP contribution in [0.3, 0.4) is 0 Å². The number of carbonyl (C=O) groups is 2. The Bertz CT molecular complexity index is 2200. The number of allylic oxidation sites excluding steroid dienone is 6. The summed E-state index contributed by atoms with van der Waals surface area (Å²) in [7, 11) is -3.67. The Balaban J connectivity index is 0.000000188. The van der Waals surface area contributed by atoms with Crippen LogP contribution in [-0.4, -0.2) is 54.6 Å². The minimum absolute atomic E-state index is 0. The first-order valence-electron chi connectivity index (χ1n) is 24.7. The van der Waals surface area contributed by atoms with Crippen LogP contribution in [0.2, 0.25) is 0 Å². The Labute approximate surface area is 416 Å². The summed E-state index contributed by atoms with van der Waals surface area (Å²) in [5, 5.41) is 11.7. The molecule has 6 unspecified atom stereocenters. The molecule has 2 aromatic heterocycles. The van der Waals surface area contributed by atoms with Crippen LogP contribution in [0.1, 0.15) is 150 Å². The molecule has 0 aromatic carbocycles. The number of pyridine rings is 2. The average Bonchev–Trinajstić information content (AvgIpc) is 3.84. The Hall–Kier alpha value is -3.66. The maximum absolute atomic E-state index is 11.4. The monoisotopic (exact) mass is 991 g/mol. The van der Waals surface area contributed by atoms with E-state index in [9.17, 15) is 18.0 Å². The second-order valence-electron chi connectivity index (χ2n) is 21.7. The molecule has 8 aliphatic carbocycles. The molecule has 2 heterocycles. The molecule has 10 rings (SSSR count). The number of rotatable bonds is 6. The number of nitrogens with one attached hydrogen (secondary N) is 1. The summed E-state index contributed by atoms with van der Waals surface area (Å²) in [5.74, 6) is 4.28. The molecule has 0 radical (unpaired) electrons. The van der Waals surface area contributed by atoms with E-state index in [2.05, 4.69) is 102 Å². The molecule has 2 aromatic rings. The van der Waals surface area contributed by atoms with Gasteiger partial charge in [0.2, 0.25) is 0 Å². The topological polar surface area (TPSA) is 176 Å². The minimum atomic E-state index is -3.67. The van der Waals surface area contributed by atoms with E-state index in [1.54, 1.807) is 23.0 Å². The molecule has 4 fully saturated rings. The summed E-state index contributed by atoms with van der Waals surface area (Å²) in [6.45, 7) is 13.1. The van der Waals surface area contributed by atoms with Crippen molar-refractivity contribution in [2.24, 2.45) is 57.2 Å². The fraction of sp³-hybridized carbons (Fsp3) is 0.636. The lowest BCUT2D eigenvalue weighted by atomic mass is 9.47. The van der Waals surface area contributed by atoms with Gasteiger partial charge in [-0.15, -0.1) is 0 Å². The number of fused-ring (bicyclic) bond motifs is 10. The quantitative estimate of drug-likeness (QED) is 0.0725. The summed E-state index contributed by atoms with van der Waals surface area (Å²) >= 11 is 0.867. The highest BCUT2D eigenvalue weighted by atomic mass is 32.2. The number of esters is 2. The van der Waals surface area contributed by atoms with E-state index < -0.39 is 10.1 Å². The van der Waals surface area contributed by atoms with Gasteiger partial charge in [0.05, 0.1) is 6.26 Å². The number of hydrogen-bond donors (Lipinski definition) is 1. The van der Waals surface area contributed by atoms with Gasteiger partial charge >= 0.3 is 11.9 Å². The smallest absolute Gasteiger partial charge is 0.302 e. The third kappa shape index (κ3) is 11.7. The Morgan fingerprint density at radius 2 is 1.19 bits per heavy atom. The Morgan fingerprint density at radius 3 is 1.58 bits per heavy atom. The van der Waals surface area contributed by atoms with Crippen molar-refractivity contribution in [3.05, 3.63) is 95.6 Å². The third-order valence-corrected chi connectivity index (χ3v) is 18.2. The zero-order valence-corrected chi connectivity index (χ0v) is 43.0. The molecular formula is C55H78N2O10S2. The third-order valence-electron chi connectivity index (χ3n) is 18.0. The molecular weight excluding hydrogens is 913 g/mol. The number of carbonyl (C=O) groups excluding carboxylic acids is 2. The average molecular weight is 991 g/mol. The van der Waals surface area contributed by atoms with E-state index in [-0.39, 0.29) is 42.4 Å². The van der Waals surface area contributed by atoms with Crippen LogP contribution in [0.25, 0.3) is 11.1 Å². The van der Waals surface area contributed by atoms with Crippen molar-refractivity contribution in [3.8, 4) is 0 Å². The highest BCUT2D eigenvalue weighted by Crippen LogP contribution is 2.68. The molecule has 0 bridgehead atoms. The van der Waals surface area contributed by atoms with Gasteiger partial charge in [-0.2, -0.15) is 12.8 Å². The van der Waals surface area contributed by atoms with Gasteiger partial charge in [0, 0.05) is 69.0 Å². The van der Waals surface area contributed by atoms with Gasteiger partial charge in [-0.1, -0.05) is 76.6 Å². The van der Waals surface area contributed by atoms with Gasteiger partial charge in [-0.3, -0.25) is 24.2 Å².